The van der Waals surface area contributed by atoms with Gasteiger partial charge < -0.3 is 0 Å². The molecule has 0 aromatic rings. The number of hydrogen-bond donors (Lipinski definition) is 0. The maximum absolute atomic E-state index is 4.18. The van der Waals surface area contributed by atoms with Crippen LogP contribution in [0.3, 0.4) is 0 Å². The van der Waals surface area contributed by atoms with Gasteiger partial charge in [-0.25, -0.2) is 0 Å². The molecule has 0 saturated heterocycles. The maximum Gasteiger partial charge on any atom is -0.0209 e. The predicted octanol–water partition coefficient (Wildman–Crippen LogP) is 5.79. The molecular weight excluding hydrogens is 216 g/mol. The van der Waals surface area contributed by atoms with Crippen molar-refractivity contribution in [2.24, 2.45) is 41.4 Å². The van der Waals surface area contributed by atoms with Gasteiger partial charge >= 0.3 is 0 Å². The van der Waals surface area contributed by atoms with Crippen LogP contribution in [0.4, 0.5) is 0 Å². The van der Waals surface area contributed by atoms with Gasteiger partial charge in [-0.15, -0.1) is 0 Å². The van der Waals surface area contributed by atoms with E-state index in [2.05, 4.69) is 55.0 Å². The molecule has 0 nitrogen and oxygen atoms in total. The van der Waals surface area contributed by atoms with Crippen LogP contribution in [0, 0.1) is 41.4 Å². The third kappa shape index (κ3) is 3.19. The second-order valence-electron chi connectivity index (χ2n) is 7.39. The molecule has 0 bridgehead atoms. The summed E-state index contributed by atoms with van der Waals surface area (Å²) in [5, 5.41) is 0. The Morgan fingerprint density at radius 2 is 1.61 bits per heavy atom. The summed E-state index contributed by atoms with van der Waals surface area (Å²) >= 11 is 0. The maximum atomic E-state index is 4.18. The molecule has 6 unspecified atom stereocenters. The molecule has 106 valence electrons. The second kappa shape index (κ2) is 6.26. The third-order valence-corrected chi connectivity index (χ3v) is 5.92. The van der Waals surface area contributed by atoms with E-state index in [1.165, 1.54) is 18.4 Å². The van der Waals surface area contributed by atoms with Gasteiger partial charge in [0.25, 0.3) is 0 Å². The first kappa shape index (κ1) is 15.8. The first-order chi connectivity index (χ1) is 8.27. The van der Waals surface area contributed by atoms with Crippen LogP contribution in [0.2, 0.25) is 0 Å². The van der Waals surface area contributed by atoms with Crippen LogP contribution in [0.15, 0.2) is 12.2 Å². The summed E-state index contributed by atoms with van der Waals surface area (Å²) in [4.78, 5) is 0. The molecule has 18 heavy (non-hydrogen) atoms. The number of rotatable bonds is 4. The highest BCUT2D eigenvalue weighted by atomic mass is 14.4. The Balaban J connectivity index is 2.86. The van der Waals surface area contributed by atoms with Gasteiger partial charge in [0.05, 0.1) is 0 Å². The van der Waals surface area contributed by atoms with E-state index in [-0.39, 0.29) is 0 Å². The van der Waals surface area contributed by atoms with Crippen LogP contribution >= 0.6 is 0 Å². The van der Waals surface area contributed by atoms with Crippen LogP contribution < -0.4 is 0 Å². The van der Waals surface area contributed by atoms with Crippen LogP contribution in [0.1, 0.15) is 61.3 Å². The lowest BCUT2D eigenvalue weighted by atomic mass is 9.59. The highest BCUT2D eigenvalue weighted by Gasteiger charge is 2.39. The molecule has 1 fully saturated rings. The largest absolute Gasteiger partial charge is 0.0999 e. The van der Waals surface area contributed by atoms with Gasteiger partial charge in [0.15, 0.2) is 0 Å². The van der Waals surface area contributed by atoms with Crippen LogP contribution in [-0.2, 0) is 0 Å². The zero-order valence-electron chi connectivity index (χ0n) is 13.7. The minimum Gasteiger partial charge on any atom is -0.0999 e. The summed E-state index contributed by atoms with van der Waals surface area (Å²) in [7, 11) is 0. The number of hydrogen-bond acceptors (Lipinski definition) is 0. The Hall–Kier alpha value is -0.260. The molecule has 1 saturated carbocycles. The minimum atomic E-state index is 0.658. The van der Waals surface area contributed by atoms with E-state index in [1.807, 2.05) is 0 Å². The summed E-state index contributed by atoms with van der Waals surface area (Å²) in [5.41, 5.74) is 1.36. The molecule has 0 heterocycles. The average Bonchev–Trinajstić information content (AvgIpc) is 2.27. The summed E-state index contributed by atoms with van der Waals surface area (Å²) in [5.74, 6) is 5.81. The molecule has 0 amide bonds. The predicted molar refractivity (Wildman–Crippen MR) is 82.5 cm³/mol. The van der Waals surface area contributed by atoms with E-state index in [4.69, 9.17) is 0 Å². The smallest absolute Gasteiger partial charge is 0.0209 e. The fourth-order valence-corrected chi connectivity index (χ4v) is 4.43. The van der Waals surface area contributed by atoms with E-state index in [1.54, 1.807) is 0 Å². The van der Waals surface area contributed by atoms with Crippen molar-refractivity contribution >= 4 is 0 Å². The van der Waals surface area contributed by atoms with Crippen molar-refractivity contribution in [3.05, 3.63) is 12.2 Å². The lowest BCUT2D eigenvalue weighted by molar-refractivity contribution is 0.0333. The molecule has 6 atom stereocenters. The molecule has 0 heteroatoms. The van der Waals surface area contributed by atoms with Crippen molar-refractivity contribution in [1.82, 2.24) is 0 Å². The highest BCUT2D eigenvalue weighted by Crippen LogP contribution is 2.47. The molecular formula is C18H34. The van der Waals surface area contributed by atoms with Crippen molar-refractivity contribution in [1.29, 1.82) is 0 Å². The topological polar surface area (TPSA) is 0 Å². The Kier molecular flexibility index (Phi) is 5.49. The fourth-order valence-electron chi connectivity index (χ4n) is 4.43. The minimum absolute atomic E-state index is 0.658. The average molecular weight is 250 g/mol. The van der Waals surface area contributed by atoms with Crippen LogP contribution in [0.5, 0.6) is 0 Å². The zero-order chi connectivity index (χ0) is 14.0. The molecule has 1 rings (SSSR count). The van der Waals surface area contributed by atoms with Gasteiger partial charge in [-0.05, 0) is 54.8 Å². The van der Waals surface area contributed by atoms with Gasteiger partial charge in [-0.1, -0.05) is 60.1 Å². The van der Waals surface area contributed by atoms with E-state index in [9.17, 15) is 0 Å². The van der Waals surface area contributed by atoms with Gasteiger partial charge in [0.1, 0.15) is 0 Å². The van der Waals surface area contributed by atoms with Crippen molar-refractivity contribution in [2.45, 2.75) is 61.3 Å². The Labute approximate surface area is 115 Å². The standard InChI is InChI=1S/C18H34/c1-11(2)14(6)15(7)18-13(5)9-10-17(12(3)4)16(18)8/h12-18H,1,9-10H2,2-8H3. The summed E-state index contributed by atoms with van der Waals surface area (Å²) in [6.07, 6.45) is 2.86. The van der Waals surface area contributed by atoms with Crippen molar-refractivity contribution in [3.63, 3.8) is 0 Å². The molecule has 1 aliphatic carbocycles. The van der Waals surface area contributed by atoms with Crippen molar-refractivity contribution in [2.75, 3.05) is 0 Å². The van der Waals surface area contributed by atoms with Crippen LogP contribution in [-0.4, -0.2) is 0 Å². The van der Waals surface area contributed by atoms with Crippen LogP contribution in [0.25, 0.3) is 0 Å². The van der Waals surface area contributed by atoms with Gasteiger partial charge in [0, 0.05) is 0 Å². The van der Waals surface area contributed by atoms with E-state index < -0.39 is 0 Å². The zero-order valence-corrected chi connectivity index (χ0v) is 13.7. The molecule has 1 aliphatic rings. The quantitative estimate of drug-likeness (QED) is 0.554. The first-order valence-electron chi connectivity index (χ1n) is 7.92. The SMILES string of the molecule is C=C(C)C(C)C(C)C1C(C)CCC(C(C)C)C1C. The highest BCUT2D eigenvalue weighted by molar-refractivity contribution is 4.99. The fraction of sp³-hybridized carbons (Fsp3) is 0.889. The Morgan fingerprint density at radius 1 is 1.06 bits per heavy atom. The lowest BCUT2D eigenvalue weighted by Gasteiger charge is -2.46. The monoisotopic (exact) mass is 250 g/mol. The van der Waals surface area contributed by atoms with E-state index in [0.29, 0.717) is 5.92 Å². The molecule has 0 aromatic carbocycles. The molecule has 0 spiro atoms. The van der Waals surface area contributed by atoms with E-state index >= 15 is 0 Å². The van der Waals surface area contributed by atoms with E-state index in [0.717, 1.165) is 35.5 Å². The van der Waals surface area contributed by atoms with Crippen molar-refractivity contribution in [3.8, 4) is 0 Å². The Bertz CT molecular complexity index is 276. The molecule has 0 aliphatic heterocycles. The third-order valence-electron chi connectivity index (χ3n) is 5.92. The lowest BCUT2D eigenvalue weighted by Crippen LogP contribution is -2.39. The Morgan fingerprint density at radius 3 is 2.06 bits per heavy atom. The summed E-state index contributed by atoms with van der Waals surface area (Å²) in [6.45, 7) is 21.0. The van der Waals surface area contributed by atoms with Gasteiger partial charge in [0.2, 0.25) is 0 Å². The first-order valence-corrected chi connectivity index (χ1v) is 7.92. The molecule has 0 radical (unpaired) electrons. The molecule has 0 N–H and O–H groups in total. The molecule has 0 aromatic heterocycles. The van der Waals surface area contributed by atoms with Crippen molar-refractivity contribution < 1.29 is 0 Å². The second-order valence-corrected chi connectivity index (χ2v) is 7.39. The van der Waals surface area contributed by atoms with Gasteiger partial charge in [-0.3, -0.25) is 0 Å². The number of allylic oxidation sites excluding steroid dienone is 1. The van der Waals surface area contributed by atoms with Gasteiger partial charge in [-0.2, -0.15) is 0 Å². The summed E-state index contributed by atoms with van der Waals surface area (Å²) in [6, 6.07) is 0. The normalized spacial score (nSPS) is 36.4. The summed E-state index contributed by atoms with van der Waals surface area (Å²) < 4.78 is 0.